The number of esters is 1. The fraction of sp³-hybridized carbons (Fsp3) is 0.111. The minimum absolute atomic E-state index is 0.0947. The van der Waals surface area contributed by atoms with Crippen LogP contribution in [0.25, 0.3) is 10.1 Å². The van der Waals surface area contributed by atoms with Crippen LogP contribution in [-0.4, -0.2) is 30.5 Å². The number of carbonyl (C=O) groups excluding carboxylic acids is 2. The summed E-state index contributed by atoms with van der Waals surface area (Å²) >= 11 is 19.9. The van der Waals surface area contributed by atoms with E-state index in [0.29, 0.717) is 20.9 Å². The first-order chi connectivity index (χ1) is 14.6. The molecular weight excluding hydrogens is 603 g/mol. The van der Waals surface area contributed by atoms with Crippen molar-refractivity contribution in [2.45, 2.75) is 0 Å². The molecule has 162 valence electrons. The highest BCUT2D eigenvalue weighted by Crippen LogP contribution is 2.43. The summed E-state index contributed by atoms with van der Waals surface area (Å²) in [6.45, 7) is -0.601. The minimum Gasteiger partial charge on any atom is -0.495 e. The summed E-state index contributed by atoms with van der Waals surface area (Å²) in [4.78, 5) is 35.1. The number of ether oxygens (including phenoxy) is 2. The Balaban J connectivity index is 1.73. The number of methoxy groups -OCH3 is 1. The Hall–Kier alpha value is -1.92. The van der Waals surface area contributed by atoms with Crippen molar-refractivity contribution in [3.8, 4) is 5.75 Å². The normalized spacial score (nSPS) is 10.7. The molecule has 0 saturated heterocycles. The van der Waals surface area contributed by atoms with E-state index in [9.17, 15) is 19.7 Å². The number of carbonyl (C=O) groups is 2. The van der Waals surface area contributed by atoms with Gasteiger partial charge in [-0.25, -0.2) is 4.79 Å². The minimum atomic E-state index is -0.793. The van der Waals surface area contributed by atoms with Crippen LogP contribution >= 0.6 is 66.4 Å². The lowest BCUT2D eigenvalue weighted by molar-refractivity contribution is -0.385. The maximum absolute atomic E-state index is 12.5. The van der Waals surface area contributed by atoms with E-state index in [2.05, 4.69) is 37.2 Å². The lowest BCUT2D eigenvalue weighted by atomic mass is 10.2. The van der Waals surface area contributed by atoms with E-state index in [1.54, 1.807) is 12.1 Å². The topological polar surface area (TPSA) is 108 Å². The molecule has 0 bridgehead atoms. The molecule has 0 aliphatic carbocycles. The number of anilines is 1. The highest BCUT2D eigenvalue weighted by molar-refractivity contribution is 9.11. The van der Waals surface area contributed by atoms with Crippen molar-refractivity contribution in [3.05, 3.63) is 58.2 Å². The lowest BCUT2D eigenvalue weighted by Gasteiger charge is -2.10. The van der Waals surface area contributed by atoms with Crippen molar-refractivity contribution in [2.75, 3.05) is 19.0 Å². The summed E-state index contributed by atoms with van der Waals surface area (Å²) in [6, 6.07) is 5.78. The zero-order valence-electron chi connectivity index (χ0n) is 15.3. The Morgan fingerprint density at radius 1 is 1.19 bits per heavy atom. The summed E-state index contributed by atoms with van der Waals surface area (Å²) in [5.41, 5.74) is 0.0864. The van der Waals surface area contributed by atoms with Crippen molar-refractivity contribution >= 4 is 99.7 Å². The smallest absolute Gasteiger partial charge is 0.350 e. The number of rotatable bonds is 6. The highest BCUT2D eigenvalue weighted by atomic mass is 79.9. The number of fused-ring (bicyclic) bond motifs is 1. The lowest BCUT2D eigenvalue weighted by Crippen LogP contribution is -2.21. The van der Waals surface area contributed by atoms with Crippen LogP contribution in [0.2, 0.25) is 10.0 Å². The third-order valence-corrected chi connectivity index (χ3v) is 7.39. The number of nitro groups is 1. The van der Waals surface area contributed by atoms with Crippen LogP contribution in [0, 0.1) is 10.1 Å². The molecule has 0 unspecified atom stereocenters. The van der Waals surface area contributed by atoms with Gasteiger partial charge in [0.05, 0.1) is 27.4 Å². The molecule has 0 aliphatic heterocycles. The average molecular weight is 613 g/mol. The van der Waals surface area contributed by atoms with Crippen LogP contribution in [0.4, 0.5) is 11.4 Å². The standard InChI is InChI=1S/C18H10Br2Cl2N2O6S/c1-29-11-3-2-8-13(21)17(31-16(8)14(11)22)18(26)30-6-12(25)23-15-9(19)4-7(24(27)28)5-10(15)20/h2-5H,6H2,1H3,(H,23,25). The van der Waals surface area contributed by atoms with E-state index in [-0.39, 0.29) is 30.2 Å². The van der Waals surface area contributed by atoms with Gasteiger partial charge in [0.15, 0.2) is 6.61 Å². The number of nitrogens with zero attached hydrogens (tertiary/aromatic N) is 1. The Kier molecular flexibility index (Phi) is 7.43. The molecule has 3 rings (SSSR count). The second-order valence-electron chi connectivity index (χ2n) is 5.87. The molecule has 2 aromatic carbocycles. The Labute approximate surface area is 205 Å². The van der Waals surface area contributed by atoms with E-state index in [1.165, 1.54) is 19.2 Å². The largest absolute Gasteiger partial charge is 0.495 e. The highest BCUT2D eigenvalue weighted by Gasteiger charge is 2.23. The van der Waals surface area contributed by atoms with Crippen LogP contribution in [0.3, 0.4) is 0 Å². The number of non-ortho nitro benzene ring substituents is 1. The molecule has 1 heterocycles. The van der Waals surface area contributed by atoms with Gasteiger partial charge in [-0.05, 0) is 44.0 Å². The Morgan fingerprint density at radius 3 is 2.42 bits per heavy atom. The van der Waals surface area contributed by atoms with E-state index < -0.39 is 23.4 Å². The molecule has 0 radical (unpaired) electrons. The molecule has 1 aromatic heterocycles. The first-order valence-corrected chi connectivity index (χ1v) is 11.3. The summed E-state index contributed by atoms with van der Waals surface area (Å²) in [7, 11) is 1.47. The zero-order chi connectivity index (χ0) is 22.9. The van der Waals surface area contributed by atoms with Gasteiger partial charge in [-0.15, -0.1) is 11.3 Å². The number of thiophene rings is 1. The number of nitro benzene ring substituents is 1. The maximum atomic E-state index is 12.5. The van der Waals surface area contributed by atoms with Crippen LogP contribution in [0.15, 0.2) is 33.2 Å². The zero-order valence-corrected chi connectivity index (χ0v) is 20.8. The molecule has 1 N–H and O–H groups in total. The molecule has 0 atom stereocenters. The van der Waals surface area contributed by atoms with Gasteiger partial charge in [0.2, 0.25) is 0 Å². The SMILES string of the molecule is COc1ccc2c(Cl)c(C(=O)OCC(=O)Nc3c(Br)cc([N+](=O)[O-])cc3Br)sc2c1Cl. The van der Waals surface area contributed by atoms with Crippen molar-refractivity contribution in [1.82, 2.24) is 0 Å². The predicted molar refractivity (Wildman–Crippen MR) is 126 cm³/mol. The summed E-state index contributed by atoms with van der Waals surface area (Å²) in [5.74, 6) is -1.01. The second-order valence-corrected chi connectivity index (χ2v) is 9.35. The summed E-state index contributed by atoms with van der Waals surface area (Å²) < 4.78 is 11.3. The van der Waals surface area contributed by atoms with E-state index in [0.717, 1.165) is 11.3 Å². The van der Waals surface area contributed by atoms with Crippen LogP contribution < -0.4 is 10.1 Å². The van der Waals surface area contributed by atoms with E-state index in [1.807, 2.05) is 0 Å². The van der Waals surface area contributed by atoms with Crippen molar-refractivity contribution in [3.63, 3.8) is 0 Å². The van der Waals surface area contributed by atoms with E-state index in [4.69, 9.17) is 32.7 Å². The fourth-order valence-corrected chi connectivity index (χ4v) is 5.67. The number of amides is 1. The van der Waals surface area contributed by atoms with Gasteiger partial charge in [0.1, 0.15) is 15.6 Å². The number of benzene rings is 2. The number of halogens is 4. The van der Waals surface area contributed by atoms with Crippen LogP contribution in [0.5, 0.6) is 5.75 Å². The Morgan fingerprint density at radius 2 is 1.84 bits per heavy atom. The van der Waals surface area contributed by atoms with Gasteiger partial charge < -0.3 is 14.8 Å². The first kappa shape index (κ1) is 23.7. The molecule has 0 spiro atoms. The second kappa shape index (κ2) is 9.70. The molecule has 0 aliphatic rings. The molecule has 13 heteroatoms. The first-order valence-electron chi connectivity index (χ1n) is 8.19. The van der Waals surface area contributed by atoms with Crippen molar-refractivity contribution in [1.29, 1.82) is 0 Å². The van der Waals surface area contributed by atoms with Gasteiger partial charge in [-0.3, -0.25) is 14.9 Å². The van der Waals surface area contributed by atoms with Crippen molar-refractivity contribution in [2.24, 2.45) is 0 Å². The van der Waals surface area contributed by atoms with Gasteiger partial charge in [0, 0.05) is 26.5 Å². The third kappa shape index (κ3) is 4.96. The quantitative estimate of drug-likeness (QED) is 0.195. The van der Waals surface area contributed by atoms with Crippen LogP contribution in [-0.2, 0) is 9.53 Å². The third-order valence-electron chi connectivity index (χ3n) is 3.94. The van der Waals surface area contributed by atoms with E-state index >= 15 is 0 Å². The molecule has 3 aromatic rings. The van der Waals surface area contributed by atoms with Crippen LogP contribution in [0.1, 0.15) is 9.67 Å². The van der Waals surface area contributed by atoms with Gasteiger partial charge >= 0.3 is 5.97 Å². The van der Waals surface area contributed by atoms with Gasteiger partial charge in [0.25, 0.3) is 11.6 Å². The van der Waals surface area contributed by atoms with Gasteiger partial charge in [-0.1, -0.05) is 23.2 Å². The maximum Gasteiger partial charge on any atom is 0.350 e. The monoisotopic (exact) mass is 610 g/mol. The molecule has 0 saturated carbocycles. The Bertz CT molecular complexity index is 1210. The molecule has 31 heavy (non-hydrogen) atoms. The predicted octanol–water partition coefficient (Wildman–Crippen LogP) is 6.45. The van der Waals surface area contributed by atoms with Crippen molar-refractivity contribution < 1.29 is 24.0 Å². The number of hydrogen-bond donors (Lipinski definition) is 1. The molecular formula is C18H10Br2Cl2N2O6S. The fourth-order valence-electron chi connectivity index (χ4n) is 2.53. The van der Waals surface area contributed by atoms with Gasteiger partial charge in [-0.2, -0.15) is 0 Å². The average Bonchev–Trinajstić information content (AvgIpc) is 3.06. The molecule has 8 nitrogen and oxygen atoms in total. The summed E-state index contributed by atoms with van der Waals surface area (Å²) in [5, 5.41) is 14.5. The number of nitrogens with one attached hydrogen (secondary N) is 1. The molecule has 0 fully saturated rings. The summed E-state index contributed by atoms with van der Waals surface area (Å²) in [6.07, 6.45) is 0. The number of hydrogen-bond acceptors (Lipinski definition) is 7. The molecule has 1 amide bonds.